The first kappa shape index (κ1) is 11.0. The first-order valence-electron chi connectivity index (χ1n) is 4.91. The van der Waals surface area contributed by atoms with E-state index < -0.39 is 0 Å². The summed E-state index contributed by atoms with van der Waals surface area (Å²) in [4.78, 5) is 0. The molecule has 2 aromatic rings. The number of hydrogen-bond acceptors (Lipinski definition) is 2. The van der Waals surface area contributed by atoms with E-state index >= 15 is 0 Å². The molecule has 0 bridgehead atoms. The molecule has 2 N–H and O–H groups in total. The second kappa shape index (κ2) is 4.58. The fourth-order valence-corrected chi connectivity index (χ4v) is 1.98. The average Bonchev–Trinajstić information content (AvgIpc) is 2.28. The van der Waals surface area contributed by atoms with E-state index in [9.17, 15) is 10.2 Å². The van der Waals surface area contributed by atoms with Gasteiger partial charge in [0, 0.05) is 6.42 Å². The number of benzene rings is 2. The number of para-hydroxylation sites is 2. The zero-order valence-corrected chi connectivity index (χ0v) is 10.1. The molecule has 0 saturated carbocycles. The fourth-order valence-electron chi connectivity index (χ4n) is 1.57. The second-order valence-corrected chi connectivity index (χ2v) is 4.41. The molecule has 0 amide bonds. The minimum Gasteiger partial charge on any atom is -0.508 e. The van der Waals surface area contributed by atoms with E-state index in [0.717, 1.165) is 11.1 Å². The molecule has 0 atom stereocenters. The van der Waals surface area contributed by atoms with Crippen LogP contribution >= 0.6 is 15.9 Å². The van der Waals surface area contributed by atoms with Gasteiger partial charge in [-0.1, -0.05) is 30.3 Å². The van der Waals surface area contributed by atoms with Crippen LogP contribution in [-0.2, 0) is 6.42 Å². The van der Waals surface area contributed by atoms with Gasteiger partial charge in [0.15, 0.2) is 0 Å². The van der Waals surface area contributed by atoms with Crippen LogP contribution in [-0.4, -0.2) is 10.2 Å². The zero-order valence-electron chi connectivity index (χ0n) is 8.52. The normalized spacial score (nSPS) is 10.3. The van der Waals surface area contributed by atoms with Gasteiger partial charge in [0.05, 0.1) is 4.47 Å². The lowest BCUT2D eigenvalue weighted by atomic mass is 10.0. The molecule has 82 valence electrons. The maximum absolute atomic E-state index is 9.82. The standard InChI is InChI=1S/C13H11BrO2/c14-11-6-3-5-10(13(11)16)8-9-4-1-2-7-12(9)15/h1-7,15-16H,8H2. The molecule has 2 rings (SSSR count). The van der Waals surface area contributed by atoms with Crippen LogP contribution in [0.25, 0.3) is 0 Å². The van der Waals surface area contributed by atoms with E-state index in [-0.39, 0.29) is 11.5 Å². The van der Waals surface area contributed by atoms with E-state index in [0.29, 0.717) is 10.9 Å². The van der Waals surface area contributed by atoms with Crippen molar-refractivity contribution in [3.05, 3.63) is 58.1 Å². The van der Waals surface area contributed by atoms with E-state index in [1.54, 1.807) is 18.2 Å². The number of hydrogen-bond donors (Lipinski definition) is 2. The number of halogens is 1. The Balaban J connectivity index is 2.35. The molecule has 0 saturated heterocycles. The first-order chi connectivity index (χ1) is 7.68. The summed E-state index contributed by atoms with van der Waals surface area (Å²) in [5, 5.41) is 19.5. The number of rotatable bonds is 2. The van der Waals surface area contributed by atoms with Crippen molar-refractivity contribution >= 4 is 15.9 Å². The lowest BCUT2D eigenvalue weighted by Crippen LogP contribution is -1.89. The number of phenols is 2. The van der Waals surface area contributed by atoms with E-state index in [1.165, 1.54) is 0 Å². The van der Waals surface area contributed by atoms with Gasteiger partial charge in [-0.3, -0.25) is 0 Å². The number of aromatic hydroxyl groups is 2. The molecule has 0 aliphatic heterocycles. The Kier molecular flexibility index (Phi) is 3.15. The molecule has 2 nitrogen and oxygen atoms in total. The summed E-state index contributed by atoms with van der Waals surface area (Å²) in [7, 11) is 0. The molecule has 3 heteroatoms. The van der Waals surface area contributed by atoms with Crippen LogP contribution in [0.1, 0.15) is 11.1 Å². The third kappa shape index (κ3) is 2.19. The van der Waals surface area contributed by atoms with Crippen LogP contribution in [0.5, 0.6) is 11.5 Å². The highest BCUT2D eigenvalue weighted by atomic mass is 79.9. The van der Waals surface area contributed by atoms with Gasteiger partial charge in [0.1, 0.15) is 11.5 Å². The van der Waals surface area contributed by atoms with Crippen LogP contribution < -0.4 is 0 Å². The van der Waals surface area contributed by atoms with Crippen LogP contribution in [0.3, 0.4) is 0 Å². The lowest BCUT2D eigenvalue weighted by Gasteiger charge is -2.07. The maximum Gasteiger partial charge on any atom is 0.133 e. The molecule has 0 fully saturated rings. The van der Waals surface area contributed by atoms with Gasteiger partial charge in [0.2, 0.25) is 0 Å². The first-order valence-corrected chi connectivity index (χ1v) is 5.71. The molecule has 0 spiro atoms. The van der Waals surface area contributed by atoms with Crippen LogP contribution in [0.2, 0.25) is 0 Å². The van der Waals surface area contributed by atoms with Gasteiger partial charge >= 0.3 is 0 Å². The Morgan fingerprint density at radius 1 is 0.875 bits per heavy atom. The minimum absolute atomic E-state index is 0.228. The summed E-state index contributed by atoms with van der Waals surface area (Å²) in [6.07, 6.45) is 0.512. The molecular formula is C13H11BrO2. The van der Waals surface area contributed by atoms with Crippen molar-refractivity contribution < 1.29 is 10.2 Å². The average molecular weight is 279 g/mol. The number of phenolic OH excluding ortho intramolecular Hbond substituents is 2. The highest BCUT2D eigenvalue weighted by Gasteiger charge is 2.07. The Hall–Kier alpha value is -1.48. The highest BCUT2D eigenvalue weighted by Crippen LogP contribution is 2.30. The van der Waals surface area contributed by atoms with Crippen LogP contribution in [0.15, 0.2) is 46.9 Å². The van der Waals surface area contributed by atoms with Crippen molar-refractivity contribution in [3.63, 3.8) is 0 Å². The molecule has 0 unspecified atom stereocenters. The van der Waals surface area contributed by atoms with Crippen LogP contribution in [0.4, 0.5) is 0 Å². The van der Waals surface area contributed by atoms with Crippen molar-refractivity contribution in [3.8, 4) is 11.5 Å². The minimum atomic E-state index is 0.228. The third-order valence-electron chi connectivity index (χ3n) is 2.44. The van der Waals surface area contributed by atoms with Crippen molar-refractivity contribution in [2.24, 2.45) is 0 Å². The maximum atomic E-state index is 9.82. The molecule has 0 radical (unpaired) electrons. The summed E-state index contributed by atoms with van der Waals surface area (Å²) in [6, 6.07) is 12.6. The summed E-state index contributed by atoms with van der Waals surface area (Å²) in [5.74, 6) is 0.479. The highest BCUT2D eigenvalue weighted by molar-refractivity contribution is 9.10. The Morgan fingerprint density at radius 3 is 2.31 bits per heavy atom. The topological polar surface area (TPSA) is 40.5 Å². The zero-order chi connectivity index (χ0) is 11.5. The molecule has 0 aliphatic carbocycles. The fraction of sp³-hybridized carbons (Fsp3) is 0.0769. The molecule has 0 aromatic heterocycles. The monoisotopic (exact) mass is 278 g/mol. The van der Waals surface area contributed by atoms with Gasteiger partial charge in [-0.15, -0.1) is 0 Å². The smallest absolute Gasteiger partial charge is 0.133 e. The largest absolute Gasteiger partial charge is 0.508 e. The third-order valence-corrected chi connectivity index (χ3v) is 3.08. The van der Waals surface area contributed by atoms with Crippen LogP contribution in [0, 0.1) is 0 Å². The summed E-state index contributed by atoms with van der Waals surface area (Å²) >= 11 is 3.27. The van der Waals surface area contributed by atoms with Crippen molar-refractivity contribution in [2.45, 2.75) is 6.42 Å². The van der Waals surface area contributed by atoms with Gasteiger partial charge in [-0.2, -0.15) is 0 Å². The molecule has 0 aliphatic rings. The SMILES string of the molecule is Oc1ccccc1Cc1cccc(Br)c1O. The summed E-state index contributed by atoms with van der Waals surface area (Å²) in [6.45, 7) is 0. The quantitative estimate of drug-likeness (QED) is 0.883. The van der Waals surface area contributed by atoms with Gasteiger partial charge < -0.3 is 10.2 Å². The molecule has 2 aromatic carbocycles. The van der Waals surface area contributed by atoms with Gasteiger partial charge in [-0.25, -0.2) is 0 Å². The molecular weight excluding hydrogens is 268 g/mol. The second-order valence-electron chi connectivity index (χ2n) is 3.55. The van der Waals surface area contributed by atoms with Crippen molar-refractivity contribution in [1.29, 1.82) is 0 Å². The Morgan fingerprint density at radius 2 is 1.56 bits per heavy atom. The van der Waals surface area contributed by atoms with Crippen molar-refractivity contribution in [2.75, 3.05) is 0 Å². The molecule has 16 heavy (non-hydrogen) atoms. The van der Waals surface area contributed by atoms with E-state index in [2.05, 4.69) is 15.9 Å². The Labute approximate surface area is 102 Å². The van der Waals surface area contributed by atoms with E-state index in [4.69, 9.17) is 0 Å². The van der Waals surface area contributed by atoms with Gasteiger partial charge in [0.25, 0.3) is 0 Å². The Bertz CT molecular complexity index is 509. The predicted molar refractivity (Wildman–Crippen MR) is 66.7 cm³/mol. The lowest BCUT2D eigenvalue weighted by molar-refractivity contribution is 0.461. The molecule has 0 heterocycles. The van der Waals surface area contributed by atoms with Gasteiger partial charge in [-0.05, 0) is 39.2 Å². The summed E-state index contributed by atoms with van der Waals surface area (Å²) < 4.78 is 0.667. The van der Waals surface area contributed by atoms with E-state index in [1.807, 2.05) is 24.3 Å². The van der Waals surface area contributed by atoms with Crippen molar-refractivity contribution in [1.82, 2.24) is 0 Å². The predicted octanol–water partition coefficient (Wildman–Crippen LogP) is 3.45. The summed E-state index contributed by atoms with van der Waals surface area (Å²) in [5.41, 5.74) is 1.59.